The monoisotopic (exact) mass is 238 g/mol. The van der Waals surface area contributed by atoms with Crippen molar-refractivity contribution in [3.05, 3.63) is 36.0 Å². The first-order chi connectivity index (χ1) is 7.95. The van der Waals surface area contributed by atoms with Gasteiger partial charge in [-0.25, -0.2) is 0 Å². The van der Waals surface area contributed by atoms with Crippen LogP contribution in [0.4, 0.5) is 13.2 Å². The smallest absolute Gasteiger partial charge is 0.278 e. The third-order valence-corrected chi connectivity index (χ3v) is 2.29. The van der Waals surface area contributed by atoms with Crippen molar-refractivity contribution in [3.8, 4) is 6.07 Å². The number of benzene rings is 1. The predicted octanol–water partition coefficient (Wildman–Crippen LogP) is 2.72. The fraction of sp³-hybridized carbons (Fsp3) is 0.0909. The number of fused-ring (bicyclic) bond motifs is 1. The molecule has 1 aromatic heterocycles. The molecule has 1 heterocycles. The standard InChI is InChI=1S/C11H5F3N2O/c12-11(13,14)10(17)16-6-7(5-15)8-3-1-2-4-9(8)16/h1-4,6H. The SMILES string of the molecule is N#Cc1cn(C(=O)C(F)(F)F)c2ccccc12. The van der Waals surface area contributed by atoms with Crippen molar-refractivity contribution in [1.29, 1.82) is 5.26 Å². The third-order valence-electron chi connectivity index (χ3n) is 2.29. The van der Waals surface area contributed by atoms with E-state index in [0.717, 1.165) is 6.20 Å². The van der Waals surface area contributed by atoms with E-state index in [9.17, 15) is 18.0 Å². The topological polar surface area (TPSA) is 45.8 Å². The Morgan fingerprint density at radius 1 is 1.29 bits per heavy atom. The molecule has 0 aliphatic carbocycles. The van der Waals surface area contributed by atoms with Crippen LogP contribution >= 0.6 is 0 Å². The Hall–Kier alpha value is -2.29. The van der Waals surface area contributed by atoms with Crippen LogP contribution in [0.2, 0.25) is 0 Å². The van der Waals surface area contributed by atoms with E-state index in [2.05, 4.69) is 0 Å². The molecule has 0 bridgehead atoms. The lowest BCUT2D eigenvalue weighted by Gasteiger charge is -2.06. The Morgan fingerprint density at radius 2 is 1.94 bits per heavy atom. The van der Waals surface area contributed by atoms with Gasteiger partial charge in [0.15, 0.2) is 0 Å². The number of halogens is 3. The molecular weight excluding hydrogens is 233 g/mol. The second-order valence-electron chi connectivity index (χ2n) is 3.34. The molecule has 0 saturated carbocycles. The van der Waals surface area contributed by atoms with E-state index >= 15 is 0 Å². The first kappa shape index (κ1) is 11.2. The van der Waals surface area contributed by atoms with Gasteiger partial charge < -0.3 is 0 Å². The van der Waals surface area contributed by atoms with E-state index in [1.165, 1.54) is 18.2 Å². The van der Waals surface area contributed by atoms with Gasteiger partial charge in [0.05, 0.1) is 11.1 Å². The number of aromatic nitrogens is 1. The Labute approximate surface area is 93.7 Å². The van der Waals surface area contributed by atoms with Gasteiger partial charge in [0.2, 0.25) is 0 Å². The highest BCUT2D eigenvalue weighted by molar-refractivity contribution is 5.97. The van der Waals surface area contributed by atoms with Crippen molar-refractivity contribution in [2.24, 2.45) is 0 Å². The van der Waals surface area contributed by atoms with Crippen LogP contribution in [0.15, 0.2) is 30.5 Å². The van der Waals surface area contributed by atoms with Crippen LogP contribution in [0, 0.1) is 11.3 Å². The minimum atomic E-state index is -4.96. The second kappa shape index (κ2) is 3.63. The van der Waals surface area contributed by atoms with Crippen LogP contribution in [-0.2, 0) is 0 Å². The summed E-state index contributed by atoms with van der Waals surface area (Å²) in [6, 6.07) is 7.70. The number of hydrogen-bond donors (Lipinski definition) is 0. The second-order valence-corrected chi connectivity index (χ2v) is 3.34. The molecule has 0 aliphatic heterocycles. The highest BCUT2D eigenvalue weighted by atomic mass is 19.4. The number of nitriles is 1. The van der Waals surface area contributed by atoms with Crippen molar-refractivity contribution in [1.82, 2.24) is 4.57 Å². The van der Waals surface area contributed by atoms with E-state index in [4.69, 9.17) is 5.26 Å². The fourth-order valence-corrected chi connectivity index (χ4v) is 1.57. The Balaban J connectivity index is 2.72. The molecule has 0 N–H and O–H groups in total. The molecule has 2 aromatic rings. The first-order valence-electron chi connectivity index (χ1n) is 4.57. The van der Waals surface area contributed by atoms with Crippen molar-refractivity contribution in [2.75, 3.05) is 0 Å². The molecule has 17 heavy (non-hydrogen) atoms. The summed E-state index contributed by atoms with van der Waals surface area (Å²) in [5.74, 6) is -2.00. The summed E-state index contributed by atoms with van der Waals surface area (Å²) in [6.45, 7) is 0. The number of rotatable bonds is 0. The molecule has 1 aromatic carbocycles. The fourth-order valence-electron chi connectivity index (χ4n) is 1.57. The van der Waals surface area contributed by atoms with Crippen LogP contribution in [0.5, 0.6) is 0 Å². The lowest BCUT2D eigenvalue weighted by atomic mass is 10.2. The lowest BCUT2D eigenvalue weighted by molar-refractivity contribution is -0.0942. The minimum Gasteiger partial charge on any atom is -0.278 e. The molecule has 0 unspecified atom stereocenters. The van der Waals surface area contributed by atoms with Crippen molar-refractivity contribution < 1.29 is 18.0 Å². The van der Waals surface area contributed by atoms with Gasteiger partial charge in [-0.05, 0) is 6.07 Å². The minimum absolute atomic E-state index is 0.0400. The molecule has 0 aliphatic rings. The number of nitrogens with zero attached hydrogens (tertiary/aromatic N) is 2. The molecule has 0 spiro atoms. The summed E-state index contributed by atoms with van der Waals surface area (Å²) >= 11 is 0. The Kier molecular flexibility index (Phi) is 2.39. The van der Waals surface area contributed by atoms with Crippen molar-refractivity contribution >= 4 is 16.8 Å². The summed E-state index contributed by atoms with van der Waals surface area (Å²) in [6.07, 6.45) is -4.06. The summed E-state index contributed by atoms with van der Waals surface area (Å²) < 4.78 is 37.4. The average Bonchev–Trinajstić information content (AvgIpc) is 2.65. The number of carbonyl (C=O) groups is 1. The van der Waals surface area contributed by atoms with Crippen LogP contribution in [-0.4, -0.2) is 16.7 Å². The van der Waals surface area contributed by atoms with Crippen molar-refractivity contribution in [3.63, 3.8) is 0 Å². The highest BCUT2D eigenvalue weighted by Gasteiger charge is 2.40. The number of carbonyl (C=O) groups excluding carboxylic acids is 1. The predicted molar refractivity (Wildman–Crippen MR) is 53.3 cm³/mol. The Bertz CT molecular complexity index is 634. The summed E-state index contributed by atoms with van der Waals surface area (Å²) in [7, 11) is 0. The normalized spacial score (nSPS) is 11.4. The summed E-state index contributed by atoms with van der Waals surface area (Å²) in [5.41, 5.74) is 0.115. The molecular formula is C11H5F3N2O. The van der Waals surface area contributed by atoms with Crippen LogP contribution in [0.1, 0.15) is 10.4 Å². The molecule has 0 saturated heterocycles. The van der Waals surface area contributed by atoms with Crippen LogP contribution in [0.25, 0.3) is 10.9 Å². The molecule has 0 amide bonds. The van der Waals surface area contributed by atoms with Gasteiger partial charge in [-0.1, -0.05) is 18.2 Å². The summed E-state index contributed by atoms with van der Waals surface area (Å²) in [5, 5.41) is 9.10. The van der Waals surface area contributed by atoms with E-state index in [1.54, 1.807) is 12.1 Å². The Morgan fingerprint density at radius 3 is 2.53 bits per heavy atom. The van der Waals surface area contributed by atoms with E-state index < -0.39 is 12.1 Å². The van der Waals surface area contributed by atoms with Gasteiger partial charge >= 0.3 is 12.1 Å². The van der Waals surface area contributed by atoms with Gasteiger partial charge in [-0.2, -0.15) is 18.4 Å². The number of para-hydroxylation sites is 1. The first-order valence-corrected chi connectivity index (χ1v) is 4.57. The zero-order valence-corrected chi connectivity index (χ0v) is 8.32. The van der Waals surface area contributed by atoms with E-state index in [0.29, 0.717) is 9.95 Å². The van der Waals surface area contributed by atoms with Gasteiger partial charge in [0.1, 0.15) is 6.07 Å². The van der Waals surface area contributed by atoms with Crippen LogP contribution in [0.3, 0.4) is 0 Å². The van der Waals surface area contributed by atoms with E-state index in [-0.39, 0.29) is 11.1 Å². The van der Waals surface area contributed by atoms with Gasteiger partial charge in [0, 0.05) is 11.6 Å². The maximum Gasteiger partial charge on any atom is 0.472 e. The van der Waals surface area contributed by atoms with Crippen LogP contribution < -0.4 is 0 Å². The average molecular weight is 238 g/mol. The summed E-state index contributed by atoms with van der Waals surface area (Å²) in [4.78, 5) is 11.1. The highest BCUT2D eigenvalue weighted by Crippen LogP contribution is 2.25. The lowest BCUT2D eigenvalue weighted by Crippen LogP contribution is -2.28. The molecule has 0 atom stereocenters. The molecule has 0 fully saturated rings. The molecule has 0 radical (unpaired) electrons. The van der Waals surface area contributed by atoms with Gasteiger partial charge in [-0.3, -0.25) is 9.36 Å². The number of alkyl halides is 3. The maximum absolute atomic E-state index is 12.3. The zero-order chi connectivity index (χ0) is 12.6. The number of hydrogen-bond acceptors (Lipinski definition) is 2. The maximum atomic E-state index is 12.3. The quantitative estimate of drug-likeness (QED) is 0.708. The van der Waals surface area contributed by atoms with Crippen molar-refractivity contribution in [2.45, 2.75) is 6.18 Å². The largest absolute Gasteiger partial charge is 0.472 e. The third kappa shape index (κ3) is 1.76. The van der Waals surface area contributed by atoms with Gasteiger partial charge in [-0.15, -0.1) is 0 Å². The van der Waals surface area contributed by atoms with E-state index in [1.807, 2.05) is 0 Å². The molecule has 3 nitrogen and oxygen atoms in total. The molecule has 86 valence electrons. The molecule has 2 rings (SSSR count). The molecule has 6 heteroatoms. The zero-order valence-electron chi connectivity index (χ0n) is 8.32. The van der Waals surface area contributed by atoms with Gasteiger partial charge in [0.25, 0.3) is 0 Å².